The largest absolute Gasteiger partial charge is 0.381 e. The van der Waals surface area contributed by atoms with Crippen LogP contribution in [0.1, 0.15) is 18.9 Å². The van der Waals surface area contributed by atoms with Crippen LogP contribution in [-0.2, 0) is 4.74 Å². The molecule has 3 aromatic heterocycles. The van der Waals surface area contributed by atoms with Gasteiger partial charge >= 0.3 is 5.69 Å². The highest BCUT2D eigenvalue weighted by Crippen LogP contribution is 2.30. The van der Waals surface area contributed by atoms with Gasteiger partial charge in [-0.1, -0.05) is 23.7 Å². The predicted molar refractivity (Wildman–Crippen MR) is 122 cm³/mol. The van der Waals surface area contributed by atoms with Crippen LogP contribution in [0.2, 0.25) is 5.02 Å². The molecule has 0 radical (unpaired) electrons. The second-order valence-electron chi connectivity index (χ2n) is 7.97. The first-order chi connectivity index (χ1) is 16.1. The van der Waals surface area contributed by atoms with E-state index >= 15 is 0 Å². The monoisotopic (exact) mass is 464 g/mol. The van der Waals surface area contributed by atoms with Crippen molar-refractivity contribution < 1.29 is 9.13 Å². The number of nitrogens with zero attached hydrogens (tertiary/aromatic N) is 5. The molecule has 5 aromatic rings. The minimum atomic E-state index is -0.385. The zero-order valence-electron chi connectivity index (χ0n) is 17.3. The van der Waals surface area contributed by atoms with E-state index in [9.17, 15) is 9.18 Å². The van der Waals surface area contributed by atoms with Crippen molar-refractivity contribution in [2.45, 2.75) is 18.9 Å². The van der Waals surface area contributed by atoms with Gasteiger partial charge in [0.05, 0.1) is 11.0 Å². The molecule has 33 heavy (non-hydrogen) atoms. The fraction of sp³-hybridized carbons (Fsp3) is 0.217. The smallest absolute Gasteiger partial charge is 0.327 e. The summed E-state index contributed by atoms with van der Waals surface area (Å²) in [5, 5.41) is 0.591. The van der Waals surface area contributed by atoms with Gasteiger partial charge in [-0.05, 0) is 37.1 Å². The van der Waals surface area contributed by atoms with Gasteiger partial charge in [-0.15, -0.1) is 0 Å². The van der Waals surface area contributed by atoms with E-state index in [1.165, 1.54) is 12.1 Å². The Morgan fingerprint density at radius 2 is 1.88 bits per heavy atom. The van der Waals surface area contributed by atoms with Crippen LogP contribution in [0, 0.1) is 5.82 Å². The molecule has 2 aromatic carbocycles. The Balaban J connectivity index is 1.65. The quantitative estimate of drug-likeness (QED) is 0.430. The van der Waals surface area contributed by atoms with E-state index in [1.54, 1.807) is 33.7 Å². The van der Waals surface area contributed by atoms with Gasteiger partial charge in [-0.3, -0.25) is 9.13 Å². The van der Waals surface area contributed by atoms with Crippen LogP contribution >= 0.6 is 11.6 Å². The molecule has 6 rings (SSSR count). The van der Waals surface area contributed by atoms with Crippen LogP contribution in [-0.4, -0.2) is 42.3 Å². The van der Waals surface area contributed by atoms with Crippen molar-refractivity contribution in [2.24, 2.45) is 0 Å². The standard InChI is InChI=1S/C23H18ClFN6O2/c24-14-3-1-13(2-4-14)19-20-21(31(23(32)28-20)16-7-9-33-10-8-16)29-22(27-19)30-12-26-17-6-5-15(25)11-18(17)30/h1-6,11-12,16H,7-10H2,(H,28,32). The summed E-state index contributed by atoms with van der Waals surface area (Å²) in [6.45, 7) is 1.16. The number of nitrogens with one attached hydrogen (secondary N) is 1. The minimum Gasteiger partial charge on any atom is -0.381 e. The lowest BCUT2D eigenvalue weighted by molar-refractivity contribution is 0.0697. The van der Waals surface area contributed by atoms with Crippen molar-refractivity contribution in [2.75, 3.05) is 13.2 Å². The number of imidazole rings is 2. The summed E-state index contributed by atoms with van der Waals surface area (Å²) in [4.78, 5) is 29.9. The summed E-state index contributed by atoms with van der Waals surface area (Å²) in [5.74, 6) is -0.0932. The molecule has 1 fully saturated rings. The first kappa shape index (κ1) is 20.1. The SMILES string of the molecule is O=c1[nH]c2c(-c3ccc(Cl)cc3)nc(-n3cnc4ccc(F)cc43)nc2n1C1CCOCC1. The lowest BCUT2D eigenvalue weighted by atomic mass is 10.1. The van der Waals surface area contributed by atoms with Crippen molar-refractivity contribution in [1.82, 2.24) is 29.1 Å². The van der Waals surface area contributed by atoms with E-state index in [1.807, 2.05) is 12.1 Å². The van der Waals surface area contributed by atoms with Crippen molar-refractivity contribution in [1.29, 1.82) is 0 Å². The van der Waals surface area contributed by atoms with Gasteiger partial charge in [0, 0.05) is 35.9 Å². The Labute approximate surface area is 191 Å². The molecule has 0 amide bonds. The Kier molecular flexibility index (Phi) is 4.74. The third-order valence-electron chi connectivity index (χ3n) is 5.96. The van der Waals surface area contributed by atoms with Crippen LogP contribution < -0.4 is 5.69 Å². The summed E-state index contributed by atoms with van der Waals surface area (Å²) < 4.78 is 22.8. The Morgan fingerprint density at radius 1 is 1.09 bits per heavy atom. The van der Waals surface area contributed by atoms with Gasteiger partial charge in [0.25, 0.3) is 0 Å². The summed E-state index contributed by atoms with van der Waals surface area (Å²) in [7, 11) is 0. The number of ether oxygens (including phenoxy) is 1. The highest BCUT2D eigenvalue weighted by Gasteiger charge is 2.24. The third kappa shape index (κ3) is 3.40. The van der Waals surface area contributed by atoms with Crippen LogP contribution in [0.15, 0.2) is 53.6 Å². The van der Waals surface area contributed by atoms with Crippen molar-refractivity contribution >= 4 is 33.8 Å². The van der Waals surface area contributed by atoms with Gasteiger partial charge in [-0.2, -0.15) is 4.98 Å². The summed E-state index contributed by atoms with van der Waals surface area (Å²) >= 11 is 6.09. The number of hydrogen-bond donors (Lipinski definition) is 1. The van der Waals surface area contributed by atoms with Crippen molar-refractivity contribution in [3.63, 3.8) is 0 Å². The van der Waals surface area contributed by atoms with E-state index in [0.717, 1.165) is 5.56 Å². The van der Waals surface area contributed by atoms with Gasteiger partial charge in [0.15, 0.2) is 5.65 Å². The van der Waals surface area contributed by atoms with Crippen LogP contribution in [0.3, 0.4) is 0 Å². The number of H-pyrrole nitrogens is 1. The second kappa shape index (κ2) is 7.79. The van der Waals surface area contributed by atoms with Crippen LogP contribution in [0.25, 0.3) is 39.4 Å². The Bertz CT molecular complexity index is 1550. The molecule has 0 aliphatic carbocycles. The van der Waals surface area contributed by atoms with Gasteiger partial charge in [-0.25, -0.2) is 19.2 Å². The molecule has 0 spiro atoms. The van der Waals surface area contributed by atoms with Crippen molar-refractivity contribution in [3.8, 4) is 17.2 Å². The Hall–Kier alpha value is -3.56. The molecule has 1 saturated heterocycles. The van der Waals surface area contributed by atoms with Crippen LogP contribution in [0.4, 0.5) is 4.39 Å². The molecule has 0 saturated carbocycles. The predicted octanol–water partition coefficient (Wildman–Crippen LogP) is 4.27. The maximum Gasteiger partial charge on any atom is 0.327 e. The number of hydrogen-bond acceptors (Lipinski definition) is 5. The molecule has 8 nitrogen and oxygen atoms in total. The first-order valence-electron chi connectivity index (χ1n) is 10.6. The van der Waals surface area contributed by atoms with Crippen LogP contribution in [0.5, 0.6) is 0 Å². The normalized spacial score (nSPS) is 15.0. The maximum atomic E-state index is 14.0. The minimum absolute atomic E-state index is 0.0437. The molecular weight excluding hydrogens is 447 g/mol. The van der Waals surface area contributed by atoms with E-state index in [0.29, 0.717) is 64.9 Å². The molecule has 166 valence electrons. The number of benzene rings is 2. The maximum absolute atomic E-state index is 14.0. The van der Waals surface area contributed by atoms with E-state index < -0.39 is 0 Å². The summed E-state index contributed by atoms with van der Waals surface area (Å²) in [6.07, 6.45) is 2.98. The molecule has 1 N–H and O–H groups in total. The highest BCUT2D eigenvalue weighted by molar-refractivity contribution is 6.30. The number of aromatic amines is 1. The van der Waals surface area contributed by atoms with Gasteiger partial charge in [0.1, 0.15) is 23.4 Å². The molecule has 1 aliphatic rings. The average Bonchev–Trinajstić information content (AvgIpc) is 3.39. The highest BCUT2D eigenvalue weighted by atomic mass is 35.5. The zero-order valence-corrected chi connectivity index (χ0v) is 18.1. The first-order valence-corrected chi connectivity index (χ1v) is 11.0. The summed E-state index contributed by atoms with van der Waals surface area (Å²) in [5.41, 5.74) is 3.24. The number of halogens is 2. The fourth-order valence-corrected chi connectivity index (χ4v) is 4.46. The number of aromatic nitrogens is 6. The van der Waals surface area contributed by atoms with E-state index in [2.05, 4.69) is 9.97 Å². The lowest BCUT2D eigenvalue weighted by Gasteiger charge is -2.23. The van der Waals surface area contributed by atoms with E-state index in [-0.39, 0.29) is 17.5 Å². The molecule has 0 bridgehead atoms. The summed E-state index contributed by atoms with van der Waals surface area (Å²) in [6, 6.07) is 11.5. The topological polar surface area (TPSA) is 90.6 Å². The number of rotatable bonds is 3. The third-order valence-corrected chi connectivity index (χ3v) is 6.21. The van der Waals surface area contributed by atoms with E-state index in [4.69, 9.17) is 26.3 Å². The molecular formula is C23H18ClFN6O2. The van der Waals surface area contributed by atoms with Gasteiger partial charge in [0.2, 0.25) is 5.95 Å². The lowest BCUT2D eigenvalue weighted by Crippen LogP contribution is -2.27. The van der Waals surface area contributed by atoms with Gasteiger partial charge < -0.3 is 9.72 Å². The zero-order chi connectivity index (χ0) is 22.5. The molecule has 0 atom stereocenters. The molecule has 1 aliphatic heterocycles. The second-order valence-corrected chi connectivity index (χ2v) is 8.41. The Morgan fingerprint density at radius 3 is 2.67 bits per heavy atom. The molecule has 0 unspecified atom stereocenters. The fourth-order valence-electron chi connectivity index (χ4n) is 4.34. The van der Waals surface area contributed by atoms with Crippen molar-refractivity contribution in [3.05, 3.63) is 70.1 Å². The number of fused-ring (bicyclic) bond motifs is 2. The average molecular weight is 465 g/mol. The molecule has 10 heteroatoms. The molecule has 4 heterocycles.